The zero-order chi connectivity index (χ0) is 12.5. The second kappa shape index (κ2) is 8.23. The number of urea groups is 1. The van der Waals surface area contributed by atoms with E-state index in [0.717, 1.165) is 0 Å². The molecule has 0 bridgehead atoms. The van der Waals surface area contributed by atoms with E-state index >= 15 is 0 Å². The Morgan fingerprint density at radius 3 is 2.07 bits per heavy atom. The summed E-state index contributed by atoms with van der Waals surface area (Å²) in [6.45, 7) is 9.52. The van der Waals surface area contributed by atoms with Crippen LogP contribution in [-0.4, -0.2) is 30.4 Å². The van der Waals surface area contributed by atoms with Crippen molar-refractivity contribution in [3.63, 3.8) is 0 Å². The highest BCUT2D eigenvalue weighted by Gasteiger charge is 2.25. The Hall–Kier alpha value is -1.10. The molecule has 0 atom stereocenters. The fourth-order valence-electron chi connectivity index (χ4n) is 0.602. The first kappa shape index (κ1) is 16.3. The van der Waals surface area contributed by atoms with Gasteiger partial charge in [0.2, 0.25) is 0 Å². The van der Waals surface area contributed by atoms with Gasteiger partial charge in [-0.15, -0.1) is 0 Å². The lowest BCUT2D eigenvalue weighted by molar-refractivity contribution is -0.121. The Balaban J connectivity index is 0. The van der Waals surface area contributed by atoms with Gasteiger partial charge in [0.15, 0.2) is 5.78 Å². The smallest absolute Gasteiger partial charge is 0.315 e. The lowest BCUT2D eigenvalue weighted by Gasteiger charge is -2.22. The van der Waals surface area contributed by atoms with Gasteiger partial charge < -0.3 is 16.4 Å². The van der Waals surface area contributed by atoms with Gasteiger partial charge in [-0.2, -0.15) is 0 Å². The van der Waals surface area contributed by atoms with E-state index in [-0.39, 0.29) is 11.8 Å². The maximum absolute atomic E-state index is 11.1. The number of nitrogens with one attached hydrogen (secondary N) is 2. The third-order valence-corrected chi connectivity index (χ3v) is 1.74. The molecular formula is C10H23N3O2. The Morgan fingerprint density at radius 2 is 1.73 bits per heavy atom. The largest absolute Gasteiger partial charge is 0.337 e. The lowest BCUT2D eigenvalue weighted by Crippen LogP contribution is -2.52. The summed E-state index contributed by atoms with van der Waals surface area (Å²) >= 11 is 0. The third kappa shape index (κ3) is 7.93. The van der Waals surface area contributed by atoms with E-state index in [9.17, 15) is 9.59 Å². The minimum Gasteiger partial charge on any atom is -0.337 e. The van der Waals surface area contributed by atoms with E-state index in [0.29, 0.717) is 13.1 Å². The SMILES string of the molecule is CC.CC(=O)C(C)(C)NC(=O)NCCN. The fourth-order valence-corrected chi connectivity index (χ4v) is 0.602. The number of carbonyl (C=O) groups excluding carboxylic acids is 2. The maximum atomic E-state index is 11.1. The van der Waals surface area contributed by atoms with Crippen molar-refractivity contribution >= 4 is 11.8 Å². The van der Waals surface area contributed by atoms with Crippen LogP contribution in [0.25, 0.3) is 0 Å². The minimum absolute atomic E-state index is 0.0876. The van der Waals surface area contributed by atoms with Crippen LogP contribution in [0.1, 0.15) is 34.6 Å². The number of amides is 2. The average molecular weight is 217 g/mol. The molecule has 5 nitrogen and oxygen atoms in total. The van der Waals surface area contributed by atoms with Crippen LogP contribution in [0.15, 0.2) is 0 Å². The van der Waals surface area contributed by atoms with E-state index < -0.39 is 5.54 Å². The average Bonchev–Trinajstić information content (AvgIpc) is 2.17. The molecular weight excluding hydrogens is 194 g/mol. The highest BCUT2D eigenvalue weighted by Crippen LogP contribution is 2.02. The van der Waals surface area contributed by atoms with Crippen molar-refractivity contribution in [3.8, 4) is 0 Å². The molecule has 0 aromatic carbocycles. The lowest BCUT2D eigenvalue weighted by atomic mass is 10.0. The monoisotopic (exact) mass is 217 g/mol. The minimum atomic E-state index is -0.821. The second-order valence-electron chi connectivity index (χ2n) is 3.35. The van der Waals surface area contributed by atoms with Crippen molar-refractivity contribution in [3.05, 3.63) is 0 Å². The standard InChI is InChI=1S/C8H17N3O2.C2H6/c1-6(12)8(2,3)11-7(13)10-5-4-9;1-2/h4-5,9H2,1-3H3,(H2,10,11,13);1-2H3. The van der Waals surface area contributed by atoms with E-state index in [1.807, 2.05) is 13.8 Å². The molecule has 0 aliphatic carbocycles. The Labute approximate surface area is 91.8 Å². The van der Waals surface area contributed by atoms with Crippen LogP contribution >= 0.6 is 0 Å². The highest BCUT2D eigenvalue weighted by atomic mass is 16.2. The molecule has 0 saturated carbocycles. The molecule has 4 N–H and O–H groups in total. The van der Waals surface area contributed by atoms with E-state index in [1.165, 1.54) is 6.92 Å². The summed E-state index contributed by atoms with van der Waals surface area (Å²) in [5.74, 6) is -0.0876. The van der Waals surface area contributed by atoms with Crippen LogP contribution in [0.4, 0.5) is 4.79 Å². The summed E-state index contributed by atoms with van der Waals surface area (Å²) < 4.78 is 0. The summed E-state index contributed by atoms with van der Waals surface area (Å²) in [6.07, 6.45) is 0. The molecule has 0 rings (SSSR count). The van der Waals surface area contributed by atoms with Crippen molar-refractivity contribution in [2.75, 3.05) is 13.1 Å². The molecule has 0 spiro atoms. The van der Waals surface area contributed by atoms with Gasteiger partial charge in [-0.05, 0) is 20.8 Å². The van der Waals surface area contributed by atoms with Gasteiger partial charge in [0.05, 0.1) is 5.54 Å². The zero-order valence-electron chi connectivity index (χ0n) is 10.3. The van der Waals surface area contributed by atoms with Gasteiger partial charge in [-0.25, -0.2) is 4.79 Å². The van der Waals surface area contributed by atoms with Gasteiger partial charge in [0.25, 0.3) is 0 Å². The summed E-state index contributed by atoms with van der Waals surface area (Å²) in [5, 5.41) is 5.05. The quantitative estimate of drug-likeness (QED) is 0.646. The normalized spacial score (nSPS) is 9.73. The molecule has 0 unspecified atom stereocenters. The Kier molecular flexibility index (Phi) is 8.96. The van der Waals surface area contributed by atoms with Crippen LogP contribution in [0.3, 0.4) is 0 Å². The third-order valence-electron chi connectivity index (χ3n) is 1.74. The number of hydrogen-bond donors (Lipinski definition) is 3. The predicted molar refractivity (Wildman–Crippen MR) is 61.7 cm³/mol. The number of rotatable bonds is 4. The topological polar surface area (TPSA) is 84.2 Å². The highest BCUT2D eigenvalue weighted by molar-refractivity contribution is 5.90. The zero-order valence-corrected chi connectivity index (χ0v) is 10.3. The van der Waals surface area contributed by atoms with Crippen molar-refractivity contribution in [1.82, 2.24) is 10.6 Å². The summed E-state index contributed by atoms with van der Waals surface area (Å²) in [6, 6.07) is -0.370. The first-order valence-corrected chi connectivity index (χ1v) is 5.17. The molecule has 90 valence electrons. The van der Waals surface area contributed by atoms with Crippen LogP contribution in [0, 0.1) is 0 Å². The predicted octanol–water partition coefficient (Wildman–Crippen LogP) is 0.638. The molecule has 0 aliphatic heterocycles. The summed E-state index contributed by atoms with van der Waals surface area (Å²) in [4.78, 5) is 22.1. The van der Waals surface area contributed by atoms with Gasteiger partial charge >= 0.3 is 6.03 Å². The first-order valence-electron chi connectivity index (χ1n) is 5.17. The first-order chi connectivity index (χ1) is 6.90. The molecule has 2 amide bonds. The molecule has 0 heterocycles. The number of Topliss-reactive ketones (excluding diaryl/α,β-unsaturated/α-hetero) is 1. The molecule has 15 heavy (non-hydrogen) atoms. The molecule has 0 fully saturated rings. The molecule has 0 aromatic rings. The van der Waals surface area contributed by atoms with Gasteiger partial charge in [-0.3, -0.25) is 4.79 Å². The van der Waals surface area contributed by atoms with Gasteiger partial charge in [0, 0.05) is 13.1 Å². The second-order valence-corrected chi connectivity index (χ2v) is 3.35. The molecule has 0 aliphatic rings. The van der Waals surface area contributed by atoms with Crippen LogP contribution in [0.5, 0.6) is 0 Å². The summed E-state index contributed by atoms with van der Waals surface area (Å²) in [7, 11) is 0. The maximum Gasteiger partial charge on any atom is 0.315 e. The van der Waals surface area contributed by atoms with Crippen LogP contribution < -0.4 is 16.4 Å². The number of ketones is 1. The van der Waals surface area contributed by atoms with E-state index in [1.54, 1.807) is 13.8 Å². The Morgan fingerprint density at radius 1 is 1.27 bits per heavy atom. The van der Waals surface area contributed by atoms with Crippen molar-refractivity contribution in [2.24, 2.45) is 5.73 Å². The van der Waals surface area contributed by atoms with Crippen molar-refractivity contribution in [2.45, 2.75) is 40.2 Å². The Bertz CT molecular complexity index is 203. The van der Waals surface area contributed by atoms with Gasteiger partial charge in [-0.1, -0.05) is 13.8 Å². The van der Waals surface area contributed by atoms with Crippen molar-refractivity contribution in [1.29, 1.82) is 0 Å². The van der Waals surface area contributed by atoms with Crippen LogP contribution in [0.2, 0.25) is 0 Å². The van der Waals surface area contributed by atoms with Crippen molar-refractivity contribution < 1.29 is 9.59 Å². The number of hydrogen-bond acceptors (Lipinski definition) is 3. The fraction of sp³-hybridized carbons (Fsp3) is 0.800. The molecule has 5 heteroatoms. The van der Waals surface area contributed by atoms with E-state index in [2.05, 4.69) is 10.6 Å². The van der Waals surface area contributed by atoms with Crippen LogP contribution in [-0.2, 0) is 4.79 Å². The summed E-state index contributed by atoms with van der Waals surface area (Å²) in [5.41, 5.74) is 4.37. The molecule has 0 saturated heterocycles. The van der Waals surface area contributed by atoms with E-state index in [4.69, 9.17) is 5.73 Å². The number of carbonyl (C=O) groups is 2. The molecule has 0 aromatic heterocycles. The molecule has 0 radical (unpaired) electrons. The number of nitrogens with two attached hydrogens (primary N) is 1. The van der Waals surface area contributed by atoms with Gasteiger partial charge in [0.1, 0.15) is 0 Å².